The number of carbonyl (C=O) groups excluding carboxylic acids is 2. The molecule has 0 saturated carbocycles. The topological polar surface area (TPSA) is 485 Å². The lowest BCUT2D eigenvalue weighted by Gasteiger charge is -2.42. The third-order valence-corrected chi connectivity index (χ3v) is 14.5. The fourth-order valence-electron chi connectivity index (χ4n) is 9.44. The summed E-state index contributed by atoms with van der Waals surface area (Å²) in [6, 6.07) is 16.4. The molecule has 0 aromatic heterocycles. The molecule has 3 aromatic carbocycles. The maximum atomic E-state index is 14.1. The highest BCUT2D eigenvalue weighted by molar-refractivity contribution is 5.88. The summed E-state index contributed by atoms with van der Waals surface area (Å²) in [7, 11) is 0. The largest absolute Gasteiger partial charge is 0.510 e. The van der Waals surface area contributed by atoms with Gasteiger partial charge in [0.05, 0.1) is 24.4 Å². The molecule has 4 fully saturated rings. The minimum atomic E-state index is -2.13. The van der Waals surface area contributed by atoms with E-state index in [1.807, 2.05) is 0 Å². The van der Waals surface area contributed by atoms with Gasteiger partial charge in [-0.15, -0.1) is 0 Å². The van der Waals surface area contributed by atoms with E-state index in [2.05, 4.69) is 0 Å². The van der Waals surface area contributed by atoms with Crippen molar-refractivity contribution in [1.29, 1.82) is 0 Å². The summed E-state index contributed by atoms with van der Waals surface area (Å²) >= 11 is 0. The van der Waals surface area contributed by atoms with Crippen molar-refractivity contribution in [3.63, 3.8) is 0 Å². The van der Waals surface area contributed by atoms with Crippen LogP contribution in [0.1, 0.15) is 18.1 Å². The molecule has 20 atom stereocenters. The second kappa shape index (κ2) is 27.2. The van der Waals surface area contributed by atoms with Gasteiger partial charge in [0.25, 0.3) is 0 Å². The number of ether oxygens (including phenoxy) is 10. The molecule has 1 aliphatic carbocycles. The van der Waals surface area contributed by atoms with Gasteiger partial charge in [0.2, 0.25) is 31.2 Å². The van der Waals surface area contributed by atoms with E-state index in [0.717, 1.165) is 42.5 Å². The zero-order chi connectivity index (χ0) is 62.7. The lowest BCUT2D eigenvalue weighted by molar-refractivity contribution is -0.318. The van der Waals surface area contributed by atoms with Crippen molar-refractivity contribution in [1.82, 2.24) is 0 Å². The maximum Gasteiger partial charge on any atom is 0.510 e. The predicted molar refractivity (Wildman–Crippen MR) is 289 cm³/mol. The molecule has 5 aliphatic heterocycles. The van der Waals surface area contributed by atoms with E-state index in [0.29, 0.717) is 11.1 Å². The Hall–Kier alpha value is -7.57. The minimum absolute atomic E-state index is 0.00269. The number of fused-ring (bicyclic) bond motifs is 1. The molecule has 0 bridgehead atoms. The molecule has 0 spiro atoms. The number of rotatable bonds is 18. The molecule has 6 aliphatic rings. The van der Waals surface area contributed by atoms with Crippen molar-refractivity contribution in [2.45, 2.75) is 130 Å². The van der Waals surface area contributed by atoms with Gasteiger partial charge in [-0.05, 0) is 72.7 Å². The summed E-state index contributed by atoms with van der Waals surface area (Å²) < 4.78 is 62.7. The first kappa shape index (κ1) is 63.9. The van der Waals surface area contributed by atoms with Gasteiger partial charge in [0, 0.05) is 23.8 Å². The first-order valence-corrected chi connectivity index (χ1v) is 26.7. The van der Waals surface area contributed by atoms with Crippen LogP contribution in [-0.2, 0) is 38.0 Å². The molecule has 0 amide bonds. The summed E-state index contributed by atoms with van der Waals surface area (Å²) in [5.41, 5.74) is -0.576. The standard InChI is InChI=1S/C57H62O30/c1-22-40(64)45(69)49(73)54(80-22)79-21-37-44(68)48(72)52(76)57(87-37)84-34-18-29-30(60)16-28(81-55-50(74)46(70)42(66)35(85-55)19-77-38(62)12-6-23-2-8-26(58)9-3-23)17-32(29)82-53(34)25-14-31(61)41(65)33(15-25)83-56-51(75)47(71)43(67)36(86-56)20-78-39(63)13-7-24-4-10-27(59)11-5-24/h2-18,22,35-37,40,42-52,54-59,61,64-76H,19-21H2,1H3/p+1/t22-,35+,36+,37+,40-,42+,43+,44+,45+,46-,47-,48-,49+,50+,51+,52+,54+,55+,56+,57+/m0/s1. The molecule has 30 heteroatoms. The molecule has 5 heterocycles. The molecule has 87 heavy (non-hydrogen) atoms. The number of phenols is 4. The van der Waals surface area contributed by atoms with Crippen LogP contribution in [0.25, 0.3) is 34.8 Å². The van der Waals surface area contributed by atoms with Crippen molar-refractivity contribution < 1.29 is 143 Å². The van der Waals surface area contributed by atoms with Gasteiger partial charge in [-0.3, -0.25) is 4.79 Å². The second-order valence-corrected chi connectivity index (χ2v) is 20.7. The molecule has 3 aromatic rings. The highest BCUT2D eigenvalue weighted by Crippen LogP contribution is 2.46. The average molecular weight is 1230 g/mol. The number of aliphatic hydroxyl groups is 12. The highest BCUT2D eigenvalue weighted by atomic mass is 16.7. The summed E-state index contributed by atoms with van der Waals surface area (Å²) in [6.45, 7) is -0.728. The second-order valence-electron chi connectivity index (χ2n) is 20.7. The predicted octanol–water partition coefficient (Wildman–Crippen LogP) is -2.87. The van der Waals surface area contributed by atoms with Crippen LogP contribution in [0.2, 0.25) is 0 Å². The Kier molecular flexibility index (Phi) is 20.0. The number of aromatic hydroxyl groups is 4. The Morgan fingerprint density at radius 3 is 1.56 bits per heavy atom. The quantitative estimate of drug-likeness (QED) is 0.0181. The van der Waals surface area contributed by atoms with E-state index in [4.69, 9.17) is 51.8 Å². The van der Waals surface area contributed by atoms with Crippen molar-refractivity contribution >= 4 is 24.1 Å². The summed E-state index contributed by atoms with van der Waals surface area (Å²) in [5.74, 6) is -6.37. The van der Waals surface area contributed by atoms with E-state index in [9.17, 15) is 96.1 Å². The Morgan fingerprint density at radius 2 is 1.00 bits per heavy atom. The van der Waals surface area contributed by atoms with Crippen LogP contribution in [0.5, 0.6) is 40.2 Å². The van der Waals surface area contributed by atoms with Crippen LogP contribution >= 0.6 is 0 Å². The molecule has 9 rings (SSSR count). The smallest absolute Gasteiger partial charge is 0.508 e. The van der Waals surface area contributed by atoms with Gasteiger partial charge >= 0.3 is 11.9 Å². The normalized spacial score (nSPS) is 32.9. The number of aliphatic hydroxyl groups excluding tert-OH is 12. The first-order chi connectivity index (χ1) is 41.3. The number of carbonyl (C=O) groups is 1. The molecule has 0 radical (unpaired) electrons. The number of benzene rings is 4. The first-order valence-electron chi connectivity index (χ1n) is 26.7. The zero-order valence-electron chi connectivity index (χ0n) is 45.4. The van der Waals surface area contributed by atoms with Gasteiger partial charge in [-0.25, -0.2) is 4.79 Å². The van der Waals surface area contributed by atoms with Gasteiger partial charge < -0.3 is 138 Å². The Balaban J connectivity index is 1.01. The zero-order valence-corrected chi connectivity index (χ0v) is 45.4. The summed E-state index contributed by atoms with van der Waals surface area (Å²) in [6.07, 6.45) is -31.4. The van der Waals surface area contributed by atoms with Crippen LogP contribution in [0.15, 0.2) is 100 Å². The molecule has 470 valence electrons. The van der Waals surface area contributed by atoms with Gasteiger partial charge in [0.1, 0.15) is 115 Å². The third kappa shape index (κ3) is 14.6. The van der Waals surface area contributed by atoms with E-state index in [1.165, 1.54) is 67.6 Å². The van der Waals surface area contributed by atoms with E-state index in [-0.39, 0.29) is 22.6 Å². The van der Waals surface area contributed by atoms with Crippen LogP contribution in [0, 0.1) is 0 Å². The average Bonchev–Trinajstić information content (AvgIpc) is 1.05. The molecular formula is C57H63O30+. The van der Waals surface area contributed by atoms with E-state index in [1.54, 1.807) is 0 Å². The Morgan fingerprint density at radius 1 is 0.517 bits per heavy atom. The van der Waals surface area contributed by atoms with Crippen molar-refractivity contribution in [2.75, 3.05) is 19.8 Å². The van der Waals surface area contributed by atoms with Gasteiger partial charge in [0.15, 0.2) is 40.8 Å². The van der Waals surface area contributed by atoms with Crippen molar-refractivity contribution in [3.8, 4) is 62.9 Å². The fraction of sp³-hybridized carbons (Fsp3) is 0.421. The monoisotopic (exact) mass is 1230 g/mol. The number of esters is 2. The third-order valence-electron chi connectivity index (χ3n) is 14.5. The van der Waals surface area contributed by atoms with Crippen LogP contribution in [-0.4, -0.2) is 241 Å². The number of phenolic OH excluding ortho intramolecular Hbond substituents is 4. The molecule has 0 unspecified atom stereocenters. The SMILES string of the molecule is C[C@@H]1O[C@@H](OC[C@H]2O[C@@H](Oc3cc4c(=O)cc(O[C@@H]5O[C@H](COC(=[OH+])C=Cc6ccc(O)cc6)[C@@H](O)[C@H](O)[C@H]5O)cc-4oc3-c3cc(O)c(O)c(O[C@@H]4O[C@H](COC(=O)C=Cc5ccc(O)cc5)[C@@H](O)[C@H](O)[C@H]4O)c3)[C@H](O)[C@@H](O)[C@@H]2O)[C@H](O)[C@H](O)[C@H]1O. The van der Waals surface area contributed by atoms with Gasteiger partial charge in [-0.2, -0.15) is 0 Å². The number of hydrogen-bond acceptors (Lipinski definition) is 29. The van der Waals surface area contributed by atoms with Crippen LogP contribution in [0.3, 0.4) is 0 Å². The molecule has 30 nitrogen and oxygen atoms in total. The Labute approximate surface area is 490 Å². The molecule has 17 N–H and O–H groups in total. The van der Waals surface area contributed by atoms with E-state index >= 15 is 0 Å². The maximum absolute atomic E-state index is 14.1. The fourth-order valence-corrected chi connectivity index (χ4v) is 9.44. The van der Waals surface area contributed by atoms with Crippen molar-refractivity contribution in [2.24, 2.45) is 0 Å². The van der Waals surface area contributed by atoms with E-state index < -0.39 is 200 Å². The van der Waals surface area contributed by atoms with Crippen LogP contribution in [0.4, 0.5) is 0 Å². The lowest BCUT2D eigenvalue weighted by Crippen LogP contribution is -2.61. The summed E-state index contributed by atoms with van der Waals surface area (Å²) in [4.78, 5) is 37.1. The van der Waals surface area contributed by atoms with Crippen molar-refractivity contribution in [3.05, 3.63) is 112 Å². The minimum Gasteiger partial charge on any atom is -0.508 e. The summed E-state index contributed by atoms with van der Waals surface area (Å²) in [5, 5.41) is 171. The highest BCUT2D eigenvalue weighted by Gasteiger charge is 2.50. The Bertz CT molecular complexity index is 3260. The number of hydrogen-bond donors (Lipinski definition) is 16. The lowest BCUT2D eigenvalue weighted by atomic mass is 9.98. The van der Waals surface area contributed by atoms with Crippen LogP contribution < -0.4 is 19.6 Å². The molecular weight excluding hydrogens is 1160 g/mol. The van der Waals surface area contributed by atoms with Gasteiger partial charge in [-0.1, -0.05) is 24.3 Å². The molecule has 4 saturated heterocycles.